The summed E-state index contributed by atoms with van der Waals surface area (Å²) in [5.41, 5.74) is 1.10. The van der Waals surface area contributed by atoms with Crippen molar-refractivity contribution in [3.63, 3.8) is 0 Å². The van der Waals surface area contributed by atoms with Crippen molar-refractivity contribution in [3.05, 3.63) is 48.7 Å². The molecule has 5 nitrogen and oxygen atoms in total. The van der Waals surface area contributed by atoms with Gasteiger partial charge in [0.2, 0.25) is 0 Å². The fourth-order valence-corrected chi connectivity index (χ4v) is 5.10. The number of nitrogens with one attached hydrogen (secondary N) is 1. The predicted molar refractivity (Wildman–Crippen MR) is 110 cm³/mol. The molecule has 0 radical (unpaired) electrons. The SMILES string of the molecule is c1ccc(N2CO[C@]3(CC[C@H](CNc4nc5ccccc5s4)CC3)C2)nc1. The number of fused-ring (bicyclic) bond motifs is 1. The Morgan fingerprint density at radius 2 is 2.00 bits per heavy atom. The first kappa shape index (κ1) is 17.0. The Bertz CT molecular complexity index is 872. The highest BCUT2D eigenvalue weighted by Crippen LogP contribution is 2.39. The van der Waals surface area contributed by atoms with Crippen LogP contribution in [-0.2, 0) is 4.74 Å². The Morgan fingerprint density at radius 3 is 2.81 bits per heavy atom. The van der Waals surface area contributed by atoms with E-state index in [-0.39, 0.29) is 5.60 Å². The Labute approximate surface area is 163 Å². The van der Waals surface area contributed by atoms with E-state index in [0.717, 1.165) is 42.4 Å². The maximum absolute atomic E-state index is 6.25. The minimum atomic E-state index is 0.0177. The zero-order valence-electron chi connectivity index (χ0n) is 15.3. The van der Waals surface area contributed by atoms with Crippen LogP contribution in [0.3, 0.4) is 0 Å². The lowest BCUT2D eigenvalue weighted by atomic mass is 9.78. The van der Waals surface area contributed by atoms with Gasteiger partial charge in [0.15, 0.2) is 5.13 Å². The molecule has 1 N–H and O–H groups in total. The van der Waals surface area contributed by atoms with Gasteiger partial charge in [0.25, 0.3) is 0 Å². The summed E-state index contributed by atoms with van der Waals surface area (Å²) in [6.07, 6.45) is 6.51. The number of nitrogens with zero attached hydrogens (tertiary/aromatic N) is 3. The van der Waals surface area contributed by atoms with Crippen molar-refractivity contribution >= 4 is 32.5 Å². The molecule has 3 aromatic rings. The Hall–Kier alpha value is -2.18. The lowest BCUT2D eigenvalue weighted by Crippen LogP contribution is -2.39. The molecule has 1 aromatic carbocycles. The highest BCUT2D eigenvalue weighted by Gasteiger charge is 2.42. The molecular weight excluding hydrogens is 356 g/mol. The summed E-state index contributed by atoms with van der Waals surface area (Å²) in [5.74, 6) is 1.71. The standard InChI is InChI=1S/C21H24N4OS/c1-2-6-18-17(5-1)24-20(27-18)23-13-16-8-10-21(11-9-16)14-25(15-26-21)19-7-3-4-12-22-19/h1-7,12,16H,8-11,13-15H2,(H,23,24)/t16-,21-. The van der Waals surface area contributed by atoms with Crippen LogP contribution in [0.5, 0.6) is 0 Å². The third kappa shape index (κ3) is 3.51. The third-order valence-corrected chi connectivity index (χ3v) is 6.83. The highest BCUT2D eigenvalue weighted by atomic mass is 32.1. The number of hydrogen-bond acceptors (Lipinski definition) is 6. The number of rotatable bonds is 4. The summed E-state index contributed by atoms with van der Waals surface area (Å²) in [5, 5.41) is 4.60. The summed E-state index contributed by atoms with van der Waals surface area (Å²) in [6, 6.07) is 14.4. The van der Waals surface area contributed by atoms with Gasteiger partial charge < -0.3 is 15.0 Å². The van der Waals surface area contributed by atoms with Crippen molar-refractivity contribution in [2.24, 2.45) is 5.92 Å². The molecule has 5 rings (SSSR count). The number of thiazole rings is 1. The zero-order valence-corrected chi connectivity index (χ0v) is 16.1. The second-order valence-corrected chi connectivity index (χ2v) is 8.68. The average molecular weight is 381 g/mol. The third-order valence-electron chi connectivity index (χ3n) is 5.83. The molecule has 0 amide bonds. The number of hydrogen-bond donors (Lipinski definition) is 1. The van der Waals surface area contributed by atoms with E-state index >= 15 is 0 Å². The molecule has 140 valence electrons. The number of aromatic nitrogens is 2. The van der Waals surface area contributed by atoms with Crippen LogP contribution in [0.25, 0.3) is 10.2 Å². The van der Waals surface area contributed by atoms with Gasteiger partial charge in [0.1, 0.15) is 12.5 Å². The quantitative estimate of drug-likeness (QED) is 0.721. The molecule has 2 aromatic heterocycles. The average Bonchev–Trinajstić information content (AvgIpc) is 3.33. The van der Waals surface area contributed by atoms with Gasteiger partial charge in [-0.2, -0.15) is 0 Å². The number of anilines is 2. The number of para-hydroxylation sites is 1. The minimum absolute atomic E-state index is 0.0177. The summed E-state index contributed by atoms with van der Waals surface area (Å²) in [6.45, 7) is 2.62. The molecule has 2 fully saturated rings. The normalized spacial score (nSPS) is 25.3. The Morgan fingerprint density at radius 1 is 1.15 bits per heavy atom. The number of ether oxygens (including phenoxy) is 1. The lowest BCUT2D eigenvalue weighted by Gasteiger charge is -2.36. The van der Waals surface area contributed by atoms with E-state index in [9.17, 15) is 0 Å². The van der Waals surface area contributed by atoms with Gasteiger partial charge in [0.05, 0.1) is 22.4 Å². The van der Waals surface area contributed by atoms with Crippen molar-refractivity contribution in [1.82, 2.24) is 9.97 Å². The predicted octanol–water partition coefficient (Wildman–Crippen LogP) is 4.53. The van der Waals surface area contributed by atoms with Crippen LogP contribution in [0.4, 0.5) is 10.9 Å². The van der Waals surface area contributed by atoms with E-state index in [1.54, 1.807) is 11.3 Å². The topological polar surface area (TPSA) is 50.3 Å². The van der Waals surface area contributed by atoms with Crippen LogP contribution in [0.1, 0.15) is 25.7 Å². The second kappa shape index (κ2) is 7.09. The van der Waals surface area contributed by atoms with Gasteiger partial charge in [-0.05, 0) is 55.9 Å². The first-order valence-electron chi connectivity index (χ1n) is 9.69. The number of benzene rings is 1. The van der Waals surface area contributed by atoms with Crippen LogP contribution in [0.2, 0.25) is 0 Å². The van der Waals surface area contributed by atoms with E-state index in [4.69, 9.17) is 4.74 Å². The largest absolute Gasteiger partial charge is 0.361 e. The maximum atomic E-state index is 6.25. The van der Waals surface area contributed by atoms with E-state index in [0.29, 0.717) is 12.6 Å². The highest BCUT2D eigenvalue weighted by molar-refractivity contribution is 7.22. The summed E-state index contributed by atoms with van der Waals surface area (Å²) in [7, 11) is 0. The van der Waals surface area contributed by atoms with Crippen LogP contribution < -0.4 is 10.2 Å². The molecule has 0 bridgehead atoms. The second-order valence-electron chi connectivity index (χ2n) is 7.65. The van der Waals surface area contributed by atoms with E-state index in [2.05, 4.69) is 44.5 Å². The Kier molecular flexibility index (Phi) is 4.45. The molecule has 6 heteroatoms. The van der Waals surface area contributed by atoms with E-state index in [1.807, 2.05) is 24.4 Å². The van der Waals surface area contributed by atoms with Crippen molar-refractivity contribution in [2.75, 3.05) is 30.0 Å². The van der Waals surface area contributed by atoms with E-state index < -0.39 is 0 Å². The summed E-state index contributed by atoms with van der Waals surface area (Å²) < 4.78 is 7.50. The van der Waals surface area contributed by atoms with Crippen molar-refractivity contribution in [3.8, 4) is 0 Å². The molecule has 1 spiro atoms. The van der Waals surface area contributed by atoms with Gasteiger partial charge >= 0.3 is 0 Å². The Balaban J connectivity index is 1.15. The molecule has 27 heavy (non-hydrogen) atoms. The first-order valence-corrected chi connectivity index (χ1v) is 10.5. The van der Waals surface area contributed by atoms with Gasteiger partial charge in [-0.15, -0.1) is 0 Å². The van der Waals surface area contributed by atoms with Crippen LogP contribution in [0, 0.1) is 5.92 Å². The maximum Gasteiger partial charge on any atom is 0.183 e. The number of pyridine rings is 1. The van der Waals surface area contributed by atoms with E-state index in [1.165, 1.54) is 17.5 Å². The van der Waals surface area contributed by atoms with Crippen LogP contribution in [0.15, 0.2) is 48.7 Å². The molecule has 3 heterocycles. The lowest BCUT2D eigenvalue weighted by molar-refractivity contribution is -0.0258. The molecular formula is C21H24N4OS. The van der Waals surface area contributed by atoms with Gasteiger partial charge in [-0.1, -0.05) is 29.5 Å². The molecule has 0 unspecified atom stereocenters. The van der Waals surface area contributed by atoms with Gasteiger partial charge in [-0.3, -0.25) is 0 Å². The fourth-order valence-electron chi connectivity index (χ4n) is 4.23. The summed E-state index contributed by atoms with van der Waals surface area (Å²) in [4.78, 5) is 11.4. The van der Waals surface area contributed by atoms with Crippen molar-refractivity contribution < 1.29 is 4.74 Å². The molecule has 1 aliphatic carbocycles. The monoisotopic (exact) mass is 380 g/mol. The molecule has 2 aliphatic rings. The fraction of sp³-hybridized carbons (Fsp3) is 0.429. The molecule has 1 aliphatic heterocycles. The smallest absolute Gasteiger partial charge is 0.183 e. The minimum Gasteiger partial charge on any atom is -0.361 e. The molecule has 1 saturated carbocycles. The van der Waals surface area contributed by atoms with Crippen molar-refractivity contribution in [1.29, 1.82) is 0 Å². The van der Waals surface area contributed by atoms with Crippen LogP contribution >= 0.6 is 11.3 Å². The molecule has 1 saturated heterocycles. The van der Waals surface area contributed by atoms with Crippen LogP contribution in [-0.4, -0.2) is 35.4 Å². The zero-order chi connectivity index (χ0) is 18.1. The first-order chi connectivity index (χ1) is 13.3. The van der Waals surface area contributed by atoms with Gasteiger partial charge in [0, 0.05) is 12.7 Å². The summed E-state index contributed by atoms with van der Waals surface area (Å²) >= 11 is 1.74. The van der Waals surface area contributed by atoms with Gasteiger partial charge in [-0.25, -0.2) is 9.97 Å². The molecule has 0 atom stereocenters. The van der Waals surface area contributed by atoms with Crippen molar-refractivity contribution in [2.45, 2.75) is 31.3 Å².